The van der Waals surface area contributed by atoms with E-state index in [1.165, 1.54) is 6.92 Å². The predicted molar refractivity (Wildman–Crippen MR) is 106 cm³/mol. The maximum Gasteiger partial charge on any atom is 0.341 e. The minimum atomic E-state index is -0.510. The van der Waals surface area contributed by atoms with Crippen LogP contribution in [0.3, 0.4) is 0 Å². The number of carbonyl (C=O) groups is 3. The number of nitrogens with one attached hydrogen (secondary N) is 2. The number of thiophene rings is 1. The largest absolute Gasteiger partial charge is 0.462 e. The van der Waals surface area contributed by atoms with Crippen LogP contribution < -0.4 is 10.6 Å². The first-order valence-electron chi connectivity index (χ1n) is 7.94. The van der Waals surface area contributed by atoms with E-state index >= 15 is 0 Å². The molecule has 0 aliphatic heterocycles. The van der Waals surface area contributed by atoms with Crippen LogP contribution in [-0.2, 0) is 9.53 Å². The van der Waals surface area contributed by atoms with Crippen LogP contribution in [0.4, 0.5) is 10.7 Å². The molecule has 6 nitrogen and oxygen atoms in total. The minimum Gasteiger partial charge on any atom is -0.462 e. The summed E-state index contributed by atoms with van der Waals surface area (Å²) in [6, 6.07) is 7.19. The monoisotopic (exact) mass is 438 g/mol. The lowest BCUT2D eigenvalue weighted by Gasteiger charge is -2.09. The van der Waals surface area contributed by atoms with Crippen molar-refractivity contribution < 1.29 is 19.1 Å². The Bertz CT molecular complexity index is 830. The summed E-state index contributed by atoms with van der Waals surface area (Å²) in [5.41, 5.74) is 1.53. The molecule has 0 atom stereocenters. The lowest BCUT2D eigenvalue weighted by atomic mass is 10.1. The standard InChI is InChI=1S/C18H19BrN2O4S/c1-4-25-18(24)15-10(2)16(11(3)22)26-17(15)20-9-14(23)21-13-7-5-12(19)6-8-13/h5-8,20H,4,9H2,1-3H3,(H,21,23). The summed E-state index contributed by atoms with van der Waals surface area (Å²) in [5, 5.41) is 6.16. The van der Waals surface area contributed by atoms with Gasteiger partial charge in [0.05, 0.1) is 23.6 Å². The molecule has 0 saturated heterocycles. The lowest BCUT2D eigenvalue weighted by Crippen LogP contribution is -2.22. The third-order valence-electron chi connectivity index (χ3n) is 3.48. The molecule has 138 valence electrons. The van der Waals surface area contributed by atoms with Gasteiger partial charge in [-0.15, -0.1) is 11.3 Å². The second kappa shape index (κ2) is 8.95. The van der Waals surface area contributed by atoms with E-state index in [0.29, 0.717) is 26.7 Å². The second-order valence-electron chi connectivity index (χ2n) is 5.45. The Kier molecular flexibility index (Phi) is 6.93. The first-order valence-corrected chi connectivity index (χ1v) is 9.55. The highest BCUT2D eigenvalue weighted by molar-refractivity contribution is 9.10. The molecule has 8 heteroatoms. The first kappa shape index (κ1) is 20.1. The summed E-state index contributed by atoms with van der Waals surface area (Å²) < 4.78 is 5.98. The zero-order valence-electron chi connectivity index (χ0n) is 14.6. The van der Waals surface area contributed by atoms with Crippen molar-refractivity contribution >= 4 is 55.6 Å². The predicted octanol–water partition coefficient (Wildman–Crippen LogP) is 4.25. The molecule has 1 aromatic heterocycles. The Morgan fingerprint density at radius 2 is 1.85 bits per heavy atom. The quantitative estimate of drug-likeness (QED) is 0.498. The van der Waals surface area contributed by atoms with Crippen LogP contribution in [0.2, 0.25) is 0 Å². The van der Waals surface area contributed by atoms with Crippen molar-refractivity contribution in [3.63, 3.8) is 0 Å². The minimum absolute atomic E-state index is 0.0419. The van der Waals surface area contributed by atoms with E-state index in [-0.39, 0.29) is 24.8 Å². The third kappa shape index (κ3) is 4.92. The van der Waals surface area contributed by atoms with Gasteiger partial charge in [-0.3, -0.25) is 9.59 Å². The summed E-state index contributed by atoms with van der Waals surface area (Å²) in [6.45, 7) is 5.04. The number of rotatable bonds is 7. The SMILES string of the molecule is CCOC(=O)c1c(NCC(=O)Nc2ccc(Br)cc2)sc(C(C)=O)c1C. The zero-order chi connectivity index (χ0) is 19.3. The number of esters is 1. The van der Waals surface area contributed by atoms with Crippen LogP contribution in [0, 0.1) is 6.92 Å². The van der Waals surface area contributed by atoms with Gasteiger partial charge in [0.1, 0.15) is 5.00 Å². The topological polar surface area (TPSA) is 84.5 Å². The summed E-state index contributed by atoms with van der Waals surface area (Å²) in [6.07, 6.45) is 0. The summed E-state index contributed by atoms with van der Waals surface area (Å²) in [7, 11) is 0. The summed E-state index contributed by atoms with van der Waals surface area (Å²) >= 11 is 4.48. The van der Waals surface area contributed by atoms with Crippen molar-refractivity contribution in [1.82, 2.24) is 0 Å². The van der Waals surface area contributed by atoms with E-state index < -0.39 is 5.97 Å². The fourth-order valence-corrected chi connectivity index (χ4v) is 3.67. The van der Waals surface area contributed by atoms with Gasteiger partial charge in [0, 0.05) is 10.2 Å². The van der Waals surface area contributed by atoms with Gasteiger partial charge < -0.3 is 15.4 Å². The van der Waals surface area contributed by atoms with Gasteiger partial charge in [0.2, 0.25) is 5.91 Å². The van der Waals surface area contributed by atoms with Crippen molar-refractivity contribution in [3.05, 3.63) is 44.7 Å². The number of hydrogen-bond acceptors (Lipinski definition) is 6. The molecule has 1 aromatic carbocycles. The molecule has 0 fully saturated rings. The smallest absolute Gasteiger partial charge is 0.341 e. The Hall–Kier alpha value is -2.19. The fraction of sp³-hybridized carbons (Fsp3) is 0.278. The molecule has 0 aliphatic carbocycles. The third-order valence-corrected chi connectivity index (χ3v) is 5.36. The van der Waals surface area contributed by atoms with Crippen molar-refractivity contribution in [2.75, 3.05) is 23.8 Å². The second-order valence-corrected chi connectivity index (χ2v) is 7.38. The maximum absolute atomic E-state index is 12.2. The van der Waals surface area contributed by atoms with Crippen LogP contribution in [-0.4, -0.2) is 30.8 Å². The molecular formula is C18H19BrN2O4S. The van der Waals surface area contributed by atoms with Crippen LogP contribution in [0.15, 0.2) is 28.7 Å². The Morgan fingerprint density at radius 1 is 1.19 bits per heavy atom. The van der Waals surface area contributed by atoms with Gasteiger partial charge in [-0.05, 0) is 50.6 Å². The molecule has 2 aromatic rings. The number of anilines is 2. The van der Waals surface area contributed by atoms with E-state index in [0.717, 1.165) is 15.8 Å². The molecule has 0 spiro atoms. The van der Waals surface area contributed by atoms with Gasteiger partial charge in [-0.1, -0.05) is 15.9 Å². The normalized spacial score (nSPS) is 10.3. The van der Waals surface area contributed by atoms with Crippen LogP contribution >= 0.6 is 27.3 Å². The van der Waals surface area contributed by atoms with Gasteiger partial charge in [-0.2, -0.15) is 0 Å². The number of amides is 1. The van der Waals surface area contributed by atoms with Crippen molar-refractivity contribution in [3.8, 4) is 0 Å². The Morgan fingerprint density at radius 3 is 2.42 bits per heavy atom. The van der Waals surface area contributed by atoms with Gasteiger partial charge in [0.25, 0.3) is 0 Å². The van der Waals surface area contributed by atoms with Crippen molar-refractivity contribution in [2.45, 2.75) is 20.8 Å². The highest BCUT2D eigenvalue weighted by Crippen LogP contribution is 2.34. The van der Waals surface area contributed by atoms with Crippen LogP contribution in [0.25, 0.3) is 0 Å². The van der Waals surface area contributed by atoms with Gasteiger partial charge in [-0.25, -0.2) is 4.79 Å². The molecule has 0 bridgehead atoms. The zero-order valence-corrected chi connectivity index (χ0v) is 17.0. The van der Waals surface area contributed by atoms with Gasteiger partial charge >= 0.3 is 5.97 Å². The number of ketones is 1. The van der Waals surface area contributed by atoms with E-state index in [1.54, 1.807) is 26.0 Å². The molecule has 2 N–H and O–H groups in total. The summed E-state index contributed by atoms with van der Waals surface area (Å²) in [4.78, 5) is 36.6. The molecule has 0 saturated carbocycles. The highest BCUT2D eigenvalue weighted by Gasteiger charge is 2.24. The number of halogens is 1. The van der Waals surface area contributed by atoms with Crippen LogP contribution in [0.1, 0.15) is 39.4 Å². The average molecular weight is 439 g/mol. The molecule has 26 heavy (non-hydrogen) atoms. The number of Topliss-reactive ketones (excluding diaryl/α,β-unsaturated/α-hetero) is 1. The van der Waals surface area contributed by atoms with E-state index in [1.807, 2.05) is 12.1 Å². The molecule has 0 unspecified atom stereocenters. The number of benzene rings is 1. The molecule has 1 heterocycles. The highest BCUT2D eigenvalue weighted by atomic mass is 79.9. The average Bonchev–Trinajstić information content (AvgIpc) is 2.92. The first-order chi connectivity index (χ1) is 12.3. The molecule has 0 radical (unpaired) electrons. The van der Waals surface area contributed by atoms with E-state index in [9.17, 15) is 14.4 Å². The molecule has 1 amide bonds. The Balaban J connectivity index is 2.13. The lowest BCUT2D eigenvalue weighted by molar-refractivity contribution is -0.114. The van der Waals surface area contributed by atoms with Gasteiger partial charge in [0.15, 0.2) is 5.78 Å². The molecular weight excluding hydrogens is 420 g/mol. The summed E-state index contributed by atoms with van der Waals surface area (Å²) in [5.74, 6) is -0.910. The van der Waals surface area contributed by atoms with Crippen molar-refractivity contribution in [1.29, 1.82) is 0 Å². The maximum atomic E-state index is 12.2. The number of hydrogen-bond donors (Lipinski definition) is 2. The van der Waals surface area contributed by atoms with E-state index in [2.05, 4.69) is 26.6 Å². The molecule has 2 rings (SSSR count). The van der Waals surface area contributed by atoms with E-state index in [4.69, 9.17) is 4.74 Å². The molecule has 0 aliphatic rings. The number of ether oxygens (including phenoxy) is 1. The Labute approximate surface area is 164 Å². The fourth-order valence-electron chi connectivity index (χ4n) is 2.32. The number of carbonyl (C=O) groups excluding carboxylic acids is 3. The van der Waals surface area contributed by atoms with Crippen LogP contribution in [0.5, 0.6) is 0 Å². The van der Waals surface area contributed by atoms with Crippen molar-refractivity contribution in [2.24, 2.45) is 0 Å².